The van der Waals surface area contributed by atoms with Crippen molar-refractivity contribution in [2.45, 2.75) is 39.7 Å². The number of para-hydroxylation sites is 1. The van der Waals surface area contributed by atoms with E-state index in [0.717, 1.165) is 24.4 Å². The second kappa shape index (κ2) is 7.25. The molecule has 1 atom stereocenters. The zero-order valence-electron chi connectivity index (χ0n) is 15.0. The SMILES string of the molecule is Cc1cnc(CC2CCN(C(=O)Nc3ccccc3F)C2)n1C(C)C. The normalized spacial score (nSPS) is 17.3. The topological polar surface area (TPSA) is 50.2 Å². The van der Waals surface area contributed by atoms with Crippen molar-refractivity contribution < 1.29 is 9.18 Å². The predicted molar refractivity (Wildman–Crippen MR) is 96.2 cm³/mol. The number of nitrogens with zero attached hydrogens (tertiary/aromatic N) is 3. The smallest absolute Gasteiger partial charge is 0.321 e. The number of anilines is 1. The Labute approximate surface area is 147 Å². The van der Waals surface area contributed by atoms with Gasteiger partial charge in [0.15, 0.2) is 0 Å². The number of carbonyl (C=O) groups is 1. The van der Waals surface area contributed by atoms with Crippen LogP contribution in [0.25, 0.3) is 0 Å². The molecule has 3 rings (SSSR count). The molecule has 0 saturated carbocycles. The number of carbonyl (C=O) groups excluding carboxylic acids is 1. The molecule has 1 unspecified atom stereocenters. The van der Waals surface area contributed by atoms with E-state index < -0.39 is 5.82 Å². The van der Waals surface area contributed by atoms with Gasteiger partial charge in [-0.05, 0) is 45.2 Å². The van der Waals surface area contributed by atoms with E-state index in [1.807, 2.05) is 6.20 Å². The van der Waals surface area contributed by atoms with Crippen molar-refractivity contribution in [3.8, 4) is 0 Å². The van der Waals surface area contributed by atoms with Crippen molar-refractivity contribution in [2.24, 2.45) is 5.92 Å². The summed E-state index contributed by atoms with van der Waals surface area (Å²) in [6, 6.07) is 6.37. The van der Waals surface area contributed by atoms with Gasteiger partial charge in [0.1, 0.15) is 11.6 Å². The van der Waals surface area contributed by atoms with Crippen LogP contribution in [0.4, 0.5) is 14.9 Å². The Morgan fingerprint density at radius 2 is 2.16 bits per heavy atom. The molecular formula is C19H25FN4O. The lowest BCUT2D eigenvalue weighted by atomic mass is 10.0. The van der Waals surface area contributed by atoms with Gasteiger partial charge in [0.25, 0.3) is 0 Å². The number of likely N-dealkylation sites (tertiary alicyclic amines) is 1. The molecule has 1 fully saturated rings. The van der Waals surface area contributed by atoms with Crippen LogP contribution in [0.2, 0.25) is 0 Å². The first kappa shape index (κ1) is 17.5. The highest BCUT2D eigenvalue weighted by atomic mass is 19.1. The van der Waals surface area contributed by atoms with Crippen LogP contribution in [0.3, 0.4) is 0 Å². The van der Waals surface area contributed by atoms with Gasteiger partial charge in [0.2, 0.25) is 0 Å². The summed E-state index contributed by atoms with van der Waals surface area (Å²) in [5, 5.41) is 2.66. The number of imidazole rings is 1. The van der Waals surface area contributed by atoms with Gasteiger partial charge >= 0.3 is 6.03 Å². The van der Waals surface area contributed by atoms with Crippen LogP contribution < -0.4 is 5.32 Å². The molecule has 1 saturated heterocycles. The number of hydrogen-bond donors (Lipinski definition) is 1. The monoisotopic (exact) mass is 344 g/mol. The minimum atomic E-state index is -0.416. The first-order valence-electron chi connectivity index (χ1n) is 8.79. The molecule has 2 aromatic rings. The fraction of sp³-hybridized carbons (Fsp3) is 0.474. The van der Waals surface area contributed by atoms with E-state index in [1.165, 1.54) is 6.07 Å². The van der Waals surface area contributed by atoms with E-state index >= 15 is 0 Å². The Morgan fingerprint density at radius 1 is 1.40 bits per heavy atom. The van der Waals surface area contributed by atoms with Crippen molar-refractivity contribution in [3.63, 3.8) is 0 Å². The van der Waals surface area contributed by atoms with Gasteiger partial charge < -0.3 is 14.8 Å². The molecule has 1 aromatic carbocycles. The molecule has 1 N–H and O–H groups in total. The quantitative estimate of drug-likeness (QED) is 0.911. The lowest BCUT2D eigenvalue weighted by Gasteiger charge is -2.19. The maximum atomic E-state index is 13.7. The number of hydrogen-bond acceptors (Lipinski definition) is 2. The van der Waals surface area contributed by atoms with E-state index in [1.54, 1.807) is 23.1 Å². The summed E-state index contributed by atoms with van der Waals surface area (Å²) in [5.74, 6) is 1.04. The standard InChI is InChI=1S/C19H25FN4O/c1-13(2)24-14(3)11-21-18(24)10-15-8-9-23(12-15)19(25)22-17-7-5-4-6-16(17)20/h4-7,11,13,15H,8-10,12H2,1-3H3,(H,22,25). The Morgan fingerprint density at radius 3 is 2.88 bits per heavy atom. The van der Waals surface area contributed by atoms with E-state index in [0.29, 0.717) is 25.0 Å². The van der Waals surface area contributed by atoms with Crippen LogP contribution in [0.5, 0.6) is 0 Å². The van der Waals surface area contributed by atoms with Gasteiger partial charge in [0.05, 0.1) is 5.69 Å². The lowest BCUT2D eigenvalue weighted by Crippen LogP contribution is -2.33. The molecule has 134 valence electrons. The summed E-state index contributed by atoms with van der Waals surface area (Å²) in [5.41, 5.74) is 1.39. The Balaban J connectivity index is 1.60. The molecule has 1 aliphatic heterocycles. The summed E-state index contributed by atoms with van der Waals surface area (Å²) in [6.45, 7) is 7.73. The van der Waals surface area contributed by atoms with Crippen molar-refractivity contribution >= 4 is 11.7 Å². The first-order valence-corrected chi connectivity index (χ1v) is 8.79. The number of rotatable bonds is 4. The molecule has 2 amide bonds. The largest absolute Gasteiger partial charge is 0.330 e. The zero-order valence-corrected chi connectivity index (χ0v) is 15.0. The summed E-state index contributed by atoms with van der Waals surface area (Å²) in [4.78, 5) is 18.7. The maximum Gasteiger partial charge on any atom is 0.321 e. The average Bonchev–Trinajstić information content (AvgIpc) is 3.17. The summed E-state index contributed by atoms with van der Waals surface area (Å²) < 4.78 is 15.9. The van der Waals surface area contributed by atoms with Gasteiger partial charge in [-0.1, -0.05) is 12.1 Å². The molecule has 6 heteroatoms. The van der Waals surface area contributed by atoms with Gasteiger partial charge in [-0.3, -0.25) is 0 Å². The molecule has 1 aliphatic rings. The highest BCUT2D eigenvalue weighted by Gasteiger charge is 2.28. The van der Waals surface area contributed by atoms with Crippen LogP contribution in [0.15, 0.2) is 30.5 Å². The third-order valence-corrected chi connectivity index (χ3v) is 4.73. The number of benzene rings is 1. The number of aryl methyl sites for hydroxylation is 1. The van der Waals surface area contributed by atoms with E-state index in [9.17, 15) is 9.18 Å². The molecule has 1 aromatic heterocycles. The van der Waals surface area contributed by atoms with Crippen LogP contribution in [-0.2, 0) is 6.42 Å². The molecule has 0 radical (unpaired) electrons. The second-order valence-electron chi connectivity index (χ2n) is 6.99. The van der Waals surface area contributed by atoms with E-state index in [-0.39, 0.29) is 11.7 Å². The van der Waals surface area contributed by atoms with Crippen LogP contribution in [0.1, 0.15) is 37.8 Å². The molecular weight excluding hydrogens is 319 g/mol. The second-order valence-corrected chi connectivity index (χ2v) is 6.99. The van der Waals surface area contributed by atoms with Gasteiger partial charge in [-0.25, -0.2) is 14.2 Å². The van der Waals surface area contributed by atoms with Crippen LogP contribution in [-0.4, -0.2) is 33.6 Å². The highest BCUT2D eigenvalue weighted by Crippen LogP contribution is 2.24. The van der Waals surface area contributed by atoms with E-state index in [2.05, 4.69) is 35.6 Å². The molecule has 0 aliphatic carbocycles. The van der Waals surface area contributed by atoms with Gasteiger partial charge in [-0.15, -0.1) is 0 Å². The average molecular weight is 344 g/mol. The van der Waals surface area contributed by atoms with Gasteiger partial charge in [0, 0.05) is 37.4 Å². The molecule has 0 bridgehead atoms. The summed E-state index contributed by atoms with van der Waals surface area (Å²) in [7, 11) is 0. The number of urea groups is 1. The van der Waals surface area contributed by atoms with Crippen LogP contribution >= 0.6 is 0 Å². The molecule has 2 heterocycles. The fourth-order valence-electron chi connectivity index (χ4n) is 3.55. The third-order valence-electron chi connectivity index (χ3n) is 4.73. The van der Waals surface area contributed by atoms with Crippen molar-refractivity contribution in [1.29, 1.82) is 0 Å². The minimum Gasteiger partial charge on any atom is -0.330 e. The molecule has 5 nitrogen and oxygen atoms in total. The third kappa shape index (κ3) is 3.83. The molecule has 0 spiro atoms. The van der Waals surface area contributed by atoms with Crippen LogP contribution in [0, 0.1) is 18.7 Å². The summed E-state index contributed by atoms with van der Waals surface area (Å²) in [6.07, 6.45) is 3.71. The highest BCUT2D eigenvalue weighted by molar-refractivity contribution is 5.89. The Kier molecular flexibility index (Phi) is 5.06. The number of amides is 2. The van der Waals surface area contributed by atoms with Crippen molar-refractivity contribution in [2.75, 3.05) is 18.4 Å². The van der Waals surface area contributed by atoms with E-state index in [4.69, 9.17) is 0 Å². The first-order chi connectivity index (χ1) is 12.0. The lowest BCUT2D eigenvalue weighted by molar-refractivity contribution is 0.220. The van der Waals surface area contributed by atoms with Gasteiger partial charge in [-0.2, -0.15) is 0 Å². The fourth-order valence-corrected chi connectivity index (χ4v) is 3.55. The Bertz CT molecular complexity index is 756. The Hall–Kier alpha value is -2.37. The number of halogens is 1. The minimum absolute atomic E-state index is 0.224. The van der Waals surface area contributed by atoms with Crippen molar-refractivity contribution in [3.05, 3.63) is 47.8 Å². The number of nitrogens with one attached hydrogen (secondary N) is 1. The number of aromatic nitrogens is 2. The zero-order chi connectivity index (χ0) is 18.0. The predicted octanol–water partition coefficient (Wildman–Crippen LogP) is 4.01. The van der Waals surface area contributed by atoms with Crippen molar-refractivity contribution in [1.82, 2.24) is 14.5 Å². The maximum absolute atomic E-state index is 13.7. The summed E-state index contributed by atoms with van der Waals surface area (Å²) >= 11 is 0. The molecule has 25 heavy (non-hydrogen) atoms.